The first-order valence-corrected chi connectivity index (χ1v) is 10.2. The molecule has 2 rings (SSSR count). The lowest BCUT2D eigenvalue weighted by Gasteiger charge is -2.24. The van der Waals surface area contributed by atoms with Gasteiger partial charge in [0.1, 0.15) is 6.04 Å². The maximum atomic E-state index is 12.9. The fourth-order valence-corrected chi connectivity index (χ4v) is 4.18. The number of carbonyl (C=O) groups is 4. The Labute approximate surface area is 169 Å². The fraction of sp³-hybridized carbons (Fsp3) is 0.524. The highest BCUT2D eigenvalue weighted by Gasteiger charge is 2.36. The second kappa shape index (κ2) is 8.90. The third kappa shape index (κ3) is 5.44. The number of hydrogen-bond donors (Lipinski definition) is 1. The summed E-state index contributed by atoms with van der Waals surface area (Å²) in [5.74, 6) is -1.73. The number of amides is 1. The van der Waals surface area contributed by atoms with E-state index in [1.54, 1.807) is 12.1 Å². The van der Waals surface area contributed by atoms with Crippen molar-refractivity contribution in [2.24, 2.45) is 0 Å². The van der Waals surface area contributed by atoms with Gasteiger partial charge in [0.2, 0.25) is 5.91 Å². The van der Waals surface area contributed by atoms with Crippen LogP contribution in [0.1, 0.15) is 62.9 Å². The molecule has 1 aromatic rings. The lowest BCUT2D eigenvalue weighted by atomic mass is 9.86. The highest BCUT2D eigenvalue weighted by Crippen LogP contribution is 2.27. The minimum atomic E-state index is -1.04. The minimum Gasteiger partial charge on any atom is -0.480 e. The van der Waals surface area contributed by atoms with Gasteiger partial charge in [-0.25, -0.2) is 4.79 Å². The van der Waals surface area contributed by atoms with Crippen molar-refractivity contribution in [3.8, 4) is 0 Å². The van der Waals surface area contributed by atoms with E-state index in [1.165, 1.54) is 11.8 Å². The minimum absolute atomic E-state index is 0.0489. The molecule has 1 aliphatic heterocycles. The summed E-state index contributed by atoms with van der Waals surface area (Å²) in [6, 6.07) is 6.35. The van der Waals surface area contributed by atoms with Crippen molar-refractivity contribution in [2.75, 3.05) is 6.54 Å². The fourth-order valence-electron chi connectivity index (χ4n) is 3.31. The number of carboxylic acids is 1. The van der Waals surface area contributed by atoms with Crippen LogP contribution in [0.25, 0.3) is 0 Å². The highest BCUT2D eigenvalue weighted by molar-refractivity contribution is 8.14. The number of benzene rings is 1. The van der Waals surface area contributed by atoms with Crippen LogP contribution in [-0.4, -0.2) is 50.6 Å². The zero-order valence-electron chi connectivity index (χ0n) is 16.7. The smallest absolute Gasteiger partial charge is 0.326 e. The molecule has 1 aliphatic rings. The average Bonchev–Trinajstić information content (AvgIpc) is 3.09. The number of carboxylic acid groups (broad SMARTS) is 1. The molecule has 0 spiro atoms. The van der Waals surface area contributed by atoms with E-state index in [9.17, 15) is 24.3 Å². The molecule has 0 saturated carbocycles. The van der Waals surface area contributed by atoms with Crippen LogP contribution in [0.3, 0.4) is 0 Å². The summed E-state index contributed by atoms with van der Waals surface area (Å²) >= 11 is 0.826. The molecule has 1 fully saturated rings. The summed E-state index contributed by atoms with van der Waals surface area (Å²) in [6.07, 6.45) is 0.844. The molecule has 2 atom stereocenters. The molecule has 1 saturated heterocycles. The lowest BCUT2D eigenvalue weighted by Crippen LogP contribution is -2.42. The summed E-state index contributed by atoms with van der Waals surface area (Å²) in [6.45, 7) is 7.94. The molecule has 28 heavy (non-hydrogen) atoms. The molecule has 6 nitrogen and oxygen atoms in total. The molecule has 7 heteroatoms. The van der Waals surface area contributed by atoms with E-state index in [4.69, 9.17) is 0 Å². The van der Waals surface area contributed by atoms with Gasteiger partial charge >= 0.3 is 5.97 Å². The molecular weight excluding hydrogens is 378 g/mol. The SMILES string of the molecule is CC(=O)SC(CC(=O)N1CCC[C@H]1C(=O)O)C(=O)c1ccc(C(C)(C)C)cc1. The number of thioether (sulfide) groups is 1. The van der Waals surface area contributed by atoms with Gasteiger partial charge in [-0.3, -0.25) is 14.4 Å². The maximum Gasteiger partial charge on any atom is 0.326 e. The van der Waals surface area contributed by atoms with Crippen molar-refractivity contribution in [2.45, 2.75) is 63.7 Å². The normalized spacial score (nSPS) is 18.0. The Balaban J connectivity index is 2.18. The number of carbonyl (C=O) groups excluding carboxylic acids is 3. The third-order valence-electron chi connectivity index (χ3n) is 4.85. The van der Waals surface area contributed by atoms with Crippen molar-refractivity contribution in [3.63, 3.8) is 0 Å². The molecule has 1 N–H and O–H groups in total. The van der Waals surface area contributed by atoms with Crippen LogP contribution < -0.4 is 0 Å². The Hall–Kier alpha value is -2.15. The van der Waals surface area contributed by atoms with Crippen LogP contribution in [0.5, 0.6) is 0 Å². The molecule has 1 aromatic carbocycles. The zero-order valence-corrected chi connectivity index (χ0v) is 17.5. The second-order valence-corrected chi connectivity index (χ2v) is 9.46. The number of likely N-dealkylation sites (tertiary alicyclic amines) is 1. The summed E-state index contributed by atoms with van der Waals surface area (Å²) in [5.41, 5.74) is 1.47. The molecule has 0 aliphatic carbocycles. The Morgan fingerprint density at radius 2 is 1.79 bits per heavy atom. The Morgan fingerprint density at radius 1 is 1.18 bits per heavy atom. The highest BCUT2D eigenvalue weighted by atomic mass is 32.2. The molecule has 1 unspecified atom stereocenters. The van der Waals surface area contributed by atoms with Crippen molar-refractivity contribution in [3.05, 3.63) is 35.4 Å². The molecule has 0 bridgehead atoms. The Kier molecular flexibility index (Phi) is 7.04. The molecular formula is C21H27NO5S. The van der Waals surface area contributed by atoms with E-state index in [-0.39, 0.29) is 22.7 Å². The zero-order chi connectivity index (χ0) is 21.1. The number of aliphatic carboxylic acids is 1. The molecule has 0 radical (unpaired) electrons. The monoisotopic (exact) mass is 405 g/mol. The van der Waals surface area contributed by atoms with Crippen molar-refractivity contribution in [1.29, 1.82) is 0 Å². The predicted molar refractivity (Wildman–Crippen MR) is 109 cm³/mol. The molecule has 152 valence electrons. The number of rotatable bonds is 6. The van der Waals surface area contributed by atoms with Crippen molar-refractivity contribution >= 4 is 34.5 Å². The van der Waals surface area contributed by atoms with Gasteiger partial charge in [-0.05, 0) is 23.8 Å². The van der Waals surface area contributed by atoms with E-state index in [1.807, 2.05) is 12.1 Å². The first-order valence-electron chi connectivity index (χ1n) is 9.35. The van der Waals surface area contributed by atoms with Gasteiger partial charge in [0.25, 0.3) is 0 Å². The van der Waals surface area contributed by atoms with Crippen LogP contribution >= 0.6 is 11.8 Å². The molecule has 1 amide bonds. The number of ketones is 1. The first kappa shape index (κ1) is 22.1. The van der Waals surface area contributed by atoms with Crippen molar-refractivity contribution in [1.82, 2.24) is 4.90 Å². The van der Waals surface area contributed by atoms with E-state index in [0.29, 0.717) is 24.9 Å². The van der Waals surface area contributed by atoms with Gasteiger partial charge in [0, 0.05) is 25.5 Å². The molecule has 1 heterocycles. The quantitative estimate of drug-likeness (QED) is 0.730. The third-order valence-corrected chi connectivity index (χ3v) is 5.85. The lowest BCUT2D eigenvalue weighted by molar-refractivity contribution is -0.148. The molecule has 0 aromatic heterocycles. The summed E-state index contributed by atoms with van der Waals surface area (Å²) in [5, 5.41) is 8.15. The Morgan fingerprint density at radius 3 is 2.29 bits per heavy atom. The number of hydrogen-bond acceptors (Lipinski definition) is 5. The van der Waals surface area contributed by atoms with Crippen LogP contribution in [0.2, 0.25) is 0 Å². The van der Waals surface area contributed by atoms with Gasteiger partial charge in [-0.1, -0.05) is 56.8 Å². The number of nitrogens with zero attached hydrogens (tertiary/aromatic N) is 1. The average molecular weight is 406 g/mol. The number of Topliss-reactive ketones (excluding diaryl/α,β-unsaturated/α-hetero) is 1. The largest absolute Gasteiger partial charge is 0.480 e. The van der Waals surface area contributed by atoms with E-state index < -0.39 is 23.2 Å². The van der Waals surface area contributed by atoms with Crippen molar-refractivity contribution < 1.29 is 24.3 Å². The van der Waals surface area contributed by atoms with Gasteiger partial charge < -0.3 is 10.0 Å². The maximum absolute atomic E-state index is 12.9. The summed E-state index contributed by atoms with van der Waals surface area (Å²) in [4.78, 5) is 49.9. The Bertz CT molecular complexity index is 766. The van der Waals surface area contributed by atoms with E-state index in [2.05, 4.69) is 20.8 Å². The summed E-state index contributed by atoms with van der Waals surface area (Å²) < 4.78 is 0. The van der Waals surface area contributed by atoms with Gasteiger partial charge in [-0.2, -0.15) is 0 Å². The predicted octanol–water partition coefficient (Wildman–Crippen LogP) is 3.28. The van der Waals surface area contributed by atoms with E-state index in [0.717, 1.165) is 17.3 Å². The van der Waals surface area contributed by atoms with Crippen LogP contribution in [-0.2, 0) is 19.8 Å². The van der Waals surface area contributed by atoms with Gasteiger partial charge in [0.05, 0.1) is 5.25 Å². The van der Waals surface area contributed by atoms with Crippen LogP contribution in [0.15, 0.2) is 24.3 Å². The topological polar surface area (TPSA) is 91.8 Å². The van der Waals surface area contributed by atoms with Gasteiger partial charge in [0.15, 0.2) is 10.9 Å². The summed E-state index contributed by atoms with van der Waals surface area (Å²) in [7, 11) is 0. The van der Waals surface area contributed by atoms with E-state index >= 15 is 0 Å². The van der Waals surface area contributed by atoms with Crippen LogP contribution in [0, 0.1) is 0 Å². The van der Waals surface area contributed by atoms with Crippen LogP contribution in [0.4, 0.5) is 0 Å². The standard InChI is InChI=1S/C21H27NO5S/c1-13(23)28-17(12-18(24)22-11-5-6-16(22)20(26)27)19(25)14-7-9-15(10-8-14)21(2,3)4/h7-10,16-17H,5-6,11-12H2,1-4H3,(H,26,27)/t16-,17?/m0/s1. The van der Waals surface area contributed by atoms with Gasteiger partial charge in [-0.15, -0.1) is 0 Å². The second-order valence-electron chi connectivity index (χ2n) is 8.08. The first-order chi connectivity index (χ1) is 13.0.